The summed E-state index contributed by atoms with van der Waals surface area (Å²) in [6.07, 6.45) is 0. The van der Waals surface area contributed by atoms with Crippen molar-refractivity contribution in [2.45, 2.75) is 0 Å². The minimum Gasteiger partial charge on any atom is -0.478 e. The van der Waals surface area contributed by atoms with Crippen LogP contribution in [0.5, 0.6) is 11.5 Å². The Morgan fingerprint density at radius 1 is 1.20 bits per heavy atom. The number of halogens is 4. The van der Waals surface area contributed by atoms with Crippen LogP contribution in [-0.4, -0.2) is 11.1 Å². The van der Waals surface area contributed by atoms with Crippen molar-refractivity contribution in [2.24, 2.45) is 0 Å². The fourth-order valence-electron chi connectivity index (χ4n) is 1.45. The summed E-state index contributed by atoms with van der Waals surface area (Å²) < 4.78 is 19.1. The summed E-state index contributed by atoms with van der Waals surface area (Å²) in [4.78, 5) is 10.9. The van der Waals surface area contributed by atoms with Crippen LogP contribution < -0.4 is 4.74 Å². The molecule has 2 aromatic rings. The topological polar surface area (TPSA) is 46.5 Å². The molecular formula is C13H6BrCl2FO3. The van der Waals surface area contributed by atoms with E-state index in [4.69, 9.17) is 33.0 Å². The van der Waals surface area contributed by atoms with Gasteiger partial charge in [0.05, 0.1) is 15.1 Å². The number of carboxylic acid groups (broad SMARTS) is 1. The molecule has 0 fully saturated rings. The van der Waals surface area contributed by atoms with Crippen molar-refractivity contribution in [2.75, 3.05) is 0 Å². The summed E-state index contributed by atoms with van der Waals surface area (Å²) in [5, 5.41) is 9.51. The van der Waals surface area contributed by atoms with Gasteiger partial charge in [-0.2, -0.15) is 0 Å². The van der Waals surface area contributed by atoms with Gasteiger partial charge in [0.1, 0.15) is 5.75 Å². The van der Waals surface area contributed by atoms with Gasteiger partial charge in [-0.1, -0.05) is 23.2 Å². The molecule has 0 aliphatic heterocycles. The summed E-state index contributed by atoms with van der Waals surface area (Å²) in [6, 6.07) is 6.94. The molecule has 0 bridgehead atoms. The minimum absolute atomic E-state index is 0.147. The van der Waals surface area contributed by atoms with E-state index in [1.54, 1.807) is 6.07 Å². The smallest absolute Gasteiger partial charge is 0.336 e. The average molecular weight is 380 g/mol. The Bertz CT molecular complexity index is 692. The summed E-state index contributed by atoms with van der Waals surface area (Å²) in [7, 11) is 0. The molecule has 2 rings (SSSR count). The highest BCUT2D eigenvalue weighted by Crippen LogP contribution is 2.35. The van der Waals surface area contributed by atoms with Crippen LogP contribution in [0.2, 0.25) is 10.0 Å². The molecule has 7 heteroatoms. The molecule has 104 valence electrons. The largest absolute Gasteiger partial charge is 0.478 e. The van der Waals surface area contributed by atoms with Gasteiger partial charge in [-0.05, 0) is 46.3 Å². The van der Waals surface area contributed by atoms with Crippen LogP contribution in [0, 0.1) is 5.82 Å². The highest BCUT2D eigenvalue weighted by molar-refractivity contribution is 9.10. The molecule has 0 saturated heterocycles. The van der Waals surface area contributed by atoms with Gasteiger partial charge in [-0.15, -0.1) is 0 Å². The summed E-state index contributed by atoms with van der Waals surface area (Å²) in [6.45, 7) is 0. The highest BCUT2D eigenvalue weighted by atomic mass is 79.9. The van der Waals surface area contributed by atoms with E-state index < -0.39 is 11.8 Å². The molecule has 1 N–H and O–H groups in total. The summed E-state index contributed by atoms with van der Waals surface area (Å²) in [5.41, 5.74) is -0.197. The fourth-order valence-corrected chi connectivity index (χ4v) is 2.40. The predicted molar refractivity (Wildman–Crippen MR) is 77.6 cm³/mol. The zero-order valence-corrected chi connectivity index (χ0v) is 12.8. The van der Waals surface area contributed by atoms with E-state index in [0.717, 1.165) is 0 Å². The highest BCUT2D eigenvalue weighted by Gasteiger charge is 2.17. The third kappa shape index (κ3) is 3.06. The van der Waals surface area contributed by atoms with Crippen molar-refractivity contribution in [3.05, 3.63) is 56.2 Å². The Kier molecular flexibility index (Phi) is 4.52. The molecule has 0 aliphatic rings. The number of hydrogen-bond donors (Lipinski definition) is 1. The second-order valence-corrected chi connectivity index (χ2v) is 5.36. The number of hydrogen-bond acceptors (Lipinski definition) is 2. The van der Waals surface area contributed by atoms with Gasteiger partial charge in [0, 0.05) is 5.02 Å². The summed E-state index contributed by atoms with van der Waals surface area (Å²) >= 11 is 14.5. The molecule has 0 amide bonds. The fraction of sp³-hybridized carbons (Fsp3) is 0. The van der Waals surface area contributed by atoms with E-state index in [2.05, 4.69) is 15.9 Å². The maximum atomic E-state index is 14.0. The molecule has 20 heavy (non-hydrogen) atoms. The second-order valence-electron chi connectivity index (χ2n) is 3.72. The predicted octanol–water partition coefficient (Wildman–Crippen LogP) is 5.39. The molecule has 0 radical (unpaired) electrons. The first kappa shape index (κ1) is 15.1. The van der Waals surface area contributed by atoms with Gasteiger partial charge in [0.2, 0.25) is 0 Å². The molecular weight excluding hydrogens is 374 g/mol. The van der Waals surface area contributed by atoms with E-state index in [1.165, 1.54) is 24.3 Å². The van der Waals surface area contributed by atoms with Crippen molar-refractivity contribution < 1.29 is 19.0 Å². The van der Waals surface area contributed by atoms with Gasteiger partial charge in [-0.25, -0.2) is 9.18 Å². The van der Waals surface area contributed by atoms with Crippen LogP contribution in [0.3, 0.4) is 0 Å². The van der Waals surface area contributed by atoms with Crippen LogP contribution >= 0.6 is 39.1 Å². The minimum atomic E-state index is -1.24. The van der Waals surface area contributed by atoms with Gasteiger partial charge in [-0.3, -0.25) is 0 Å². The first-order chi connectivity index (χ1) is 9.40. The number of carbonyl (C=O) groups is 1. The Hall–Kier alpha value is -1.30. The molecule has 3 nitrogen and oxygen atoms in total. The van der Waals surface area contributed by atoms with Crippen LogP contribution in [0.1, 0.15) is 10.4 Å². The van der Waals surface area contributed by atoms with Crippen molar-refractivity contribution in [1.29, 1.82) is 0 Å². The standard InChI is InChI=1S/C13H6BrCl2FO3/c14-11-7(13(18)19)2-4-10(12(11)17)20-9-3-1-6(15)5-8(9)16/h1-5H,(H,18,19). The van der Waals surface area contributed by atoms with E-state index in [-0.39, 0.29) is 26.6 Å². The lowest BCUT2D eigenvalue weighted by Crippen LogP contribution is -2.00. The van der Waals surface area contributed by atoms with E-state index in [1.807, 2.05) is 0 Å². The first-order valence-corrected chi connectivity index (χ1v) is 6.79. The van der Waals surface area contributed by atoms with Gasteiger partial charge < -0.3 is 9.84 Å². The lowest BCUT2D eigenvalue weighted by atomic mass is 10.2. The lowest BCUT2D eigenvalue weighted by molar-refractivity contribution is 0.0695. The van der Waals surface area contributed by atoms with Gasteiger partial charge in [0.15, 0.2) is 11.6 Å². The third-order valence-electron chi connectivity index (χ3n) is 2.39. The molecule has 0 aromatic heterocycles. The van der Waals surface area contributed by atoms with Crippen LogP contribution in [-0.2, 0) is 0 Å². The SMILES string of the molecule is O=C(O)c1ccc(Oc2ccc(Cl)cc2Cl)c(F)c1Br. The van der Waals surface area contributed by atoms with Gasteiger partial charge in [0.25, 0.3) is 0 Å². The van der Waals surface area contributed by atoms with Crippen molar-refractivity contribution in [3.63, 3.8) is 0 Å². The Morgan fingerprint density at radius 3 is 2.45 bits per heavy atom. The molecule has 2 aromatic carbocycles. The molecule has 0 saturated carbocycles. The number of ether oxygens (including phenoxy) is 1. The zero-order chi connectivity index (χ0) is 14.9. The Balaban J connectivity index is 2.39. The normalized spacial score (nSPS) is 10.4. The number of rotatable bonds is 3. The lowest BCUT2D eigenvalue weighted by Gasteiger charge is -2.10. The third-order valence-corrected chi connectivity index (χ3v) is 3.70. The van der Waals surface area contributed by atoms with E-state index >= 15 is 0 Å². The van der Waals surface area contributed by atoms with E-state index in [9.17, 15) is 9.18 Å². The maximum Gasteiger partial charge on any atom is 0.336 e. The molecule has 0 atom stereocenters. The number of aromatic carboxylic acids is 1. The monoisotopic (exact) mass is 378 g/mol. The van der Waals surface area contributed by atoms with Crippen molar-refractivity contribution in [3.8, 4) is 11.5 Å². The maximum absolute atomic E-state index is 14.0. The Labute approximate surface area is 132 Å². The molecule has 0 unspecified atom stereocenters. The molecule has 0 aliphatic carbocycles. The quantitative estimate of drug-likeness (QED) is 0.778. The Morgan fingerprint density at radius 2 is 1.85 bits per heavy atom. The average Bonchev–Trinajstić information content (AvgIpc) is 2.37. The van der Waals surface area contributed by atoms with Crippen molar-refractivity contribution >= 4 is 45.1 Å². The van der Waals surface area contributed by atoms with Crippen LogP contribution in [0.15, 0.2) is 34.8 Å². The van der Waals surface area contributed by atoms with E-state index in [0.29, 0.717) is 5.02 Å². The van der Waals surface area contributed by atoms with Crippen LogP contribution in [0.25, 0.3) is 0 Å². The second kappa shape index (κ2) is 5.99. The zero-order valence-electron chi connectivity index (χ0n) is 9.66. The van der Waals surface area contributed by atoms with Crippen LogP contribution in [0.4, 0.5) is 4.39 Å². The number of benzene rings is 2. The summed E-state index contributed by atoms with van der Waals surface area (Å²) in [5.74, 6) is -2.00. The van der Waals surface area contributed by atoms with Crippen molar-refractivity contribution in [1.82, 2.24) is 0 Å². The molecule has 0 spiro atoms. The number of carboxylic acids is 1. The molecule has 0 heterocycles. The first-order valence-electron chi connectivity index (χ1n) is 5.24. The van der Waals surface area contributed by atoms with Gasteiger partial charge >= 0.3 is 5.97 Å².